The molecule has 3 fully saturated rings. The molecule has 0 radical (unpaired) electrons. The Hall–Kier alpha value is -4.46. The van der Waals surface area contributed by atoms with E-state index in [1.165, 1.54) is 0 Å². The second-order valence-corrected chi connectivity index (χ2v) is 12.7. The number of piperidine rings is 2. The fourth-order valence-corrected chi connectivity index (χ4v) is 7.35. The molecule has 0 N–H and O–H groups in total. The third kappa shape index (κ3) is 6.43. The lowest BCUT2D eigenvalue weighted by Crippen LogP contribution is -2.60. The average Bonchev–Trinajstić information content (AvgIpc) is 3.77. The first kappa shape index (κ1) is 30.2. The lowest BCUT2D eigenvalue weighted by Gasteiger charge is -2.51. The summed E-state index contributed by atoms with van der Waals surface area (Å²) < 4.78 is 21.9. The molecule has 4 aliphatic heterocycles. The third-order valence-electron chi connectivity index (χ3n) is 9.83. The van der Waals surface area contributed by atoms with E-state index in [-0.39, 0.29) is 49.1 Å². The molecular weight excluding hydrogens is 580 g/mol. The summed E-state index contributed by atoms with van der Waals surface area (Å²) in [5.41, 5.74) is 2.01. The number of ether oxygens (including phenoxy) is 4. The molecule has 0 spiro atoms. The monoisotopic (exact) mass is 622 g/mol. The van der Waals surface area contributed by atoms with Crippen LogP contribution in [0.1, 0.15) is 49.7 Å². The lowest BCUT2D eigenvalue weighted by atomic mass is 9.55. The van der Waals surface area contributed by atoms with Crippen molar-refractivity contribution in [2.75, 3.05) is 39.8 Å². The molecule has 4 heterocycles. The van der Waals surface area contributed by atoms with E-state index in [4.69, 9.17) is 18.9 Å². The predicted octanol–water partition coefficient (Wildman–Crippen LogP) is 6.49. The highest BCUT2D eigenvalue weighted by atomic mass is 16.7. The van der Waals surface area contributed by atoms with Crippen LogP contribution in [0.3, 0.4) is 0 Å². The lowest BCUT2D eigenvalue weighted by molar-refractivity contribution is -0.161. The van der Waals surface area contributed by atoms with E-state index < -0.39 is 0 Å². The molecule has 8 heteroatoms. The zero-order valence-electron chi connectivity index (χ0n) is 26.2. The van der Waals surface area contributed by atoms with Crippen molar-refractivity contribution in [1.29, 1.82) is 0 Å². The first-order valence-electron chi connectivity index (χ1n) is 16.7. The van der Waals surface area contributed by atoms with Crippen LogP contribution in [-0.2, 0) is 9.59 Å². The van der Waals surface area contributed by atoms with Crippen LogP contribution in [0.25, 0.3) is 12.2 Å². The number of hydrogen-bond acceptors (Lipinski definition) is 6. The molecule has 2 aromatic rings. The first-order chi connectivity index (χ1) is 22.7. The minimum Gasteiger partial charge on any atom is -0.454 e. The molecule has 0 bridgehead atoms. The quantitative estimate of drug-likeness (QED) is 0.314. The van der Waals surface area contributed by atoms with E-state index in [2.05, 4.69) is 12.2 Å². The Kier molecular flexibility index (Phi) is 9.12. The molecule has 7 rings (SSSR count). The van der Waals surface area contributed by atoms with Gasteiger partial charge in [0.1, 0.15) is 0 Å². The van der Waals surface area contributed by atoms with Gasteiger partial charge in [-0.1, -0.05) is 60.7 Å². The molecule has 1 saturated carbocycles. The summed E-state index contributed by atoms with van der Waals surface area (Å²) in [4.78, 5) is 32.3. The summed E-state index contributed by atoms with van der Waals surface area (Å²) >= 11 is 0. The van der Waals surface area contributed by atoms with Crippen LogP contribution in [-0.4, -0.2) is 61.4 Å². The van der Waals surface area contributed by atoms with Crippen molar-refractivity contribution >= 4 is 24.0 Å². The van der Waals surface area contributed by atoms with Crippen molar-refractivity contribution in [3.05, 3.63) is 84.0 Å². The van der Waals surface area contributed by atoms with E-state index in [1.54, 1.807) is 0 Å². The van der Waals surface area contributed by atoms with Gasteiger partial charge in [-0.15, -0.1) is 0 Å². The number of likely N-dealkylation sites (tertiary alicyclic amines) is 2. The number of allylic oxidation sites excluding steroid dienone is 6. The van der Waals surface area contributed by atoms with Gasteiger partial charge in [-0.3, -0.25) is 9.59 Å². The third-order valence-corrected chi connectivity index (χ3v) is 9.83. The van der Waals surface area contributed by atoms with Gasteiger partial charge >= 0.3 is 0 Å². The molecule has 2 aromatic carbocycles. The van der Waals surface area contributed by atoms with Crippen molar-refractivity contribution in [3.63, 3.8) is 0 Å². The summed E-state index contributed by atoms with van der Waals surface area (Å²) in [7, 11) is 0. The number of hydrogen-bond donors (Lipinski definition) is 0. The van der Waals surface area contributed by atoms with Gasteiger partial charge in [0.05, 0.1) is 11.8 Å². The maximum Gasteiger partial charge on any atom is 0.231 e. The Morgan fingerprint density at radius 3 is 1.39 bits per heavy atom. The molecule has 1 aliphatic carbocycles. The normalized spacial score (nSPS) is 25.7. The van der Waals surface area contributed by atoms with E-state index in [0.717, 1.165) is 98.8 Å². The summed E-state index contributed by atoms with van der Waals surface area (Å²) in [5.74, 6) is 2.38. The first-order valence-corrected chi connectivity index (χ1v) is 16.7. The SMILES string of the molecule is O=C(C1C(C=CC=Cc2ccc3c(c2)OCO3)C(C=CC=Cc2ccc3c(c2)OCO3)C1C(=O)N1CCCCC1)N1CCCCC1. The number of nitrogens with zero attached hydrogens (tertiary/aromatic N) is 2. The molecule has 8 nitrogen and oxygen atoms in total. The fourth-order valence-electron chi connectivity index (χ4n) is 7.35. The maximum atomic E-state index is 14.1. The van der Waals surface area contributed by atoms with E-state index in [9.17, 15) is 9.59 Å². The summed E-state index contributed by atoms with van der Waals surface area (Å²) in [6.07, 6.45) is 22.8. The molecular formula is C38H42N2O6. The van der Waals surface area contributed by atoms with Gasteiger partial charge in [0, 0.05) is 26.2 Å². The summed E-state index contributed by atoms with van der Waals surface area (Å²) in [6, 6.07) is 11.7. The Bertz CT molecular complexity index is 1430. The van der Waals surface area contributed by atoms with Crippen LogP contribution in [0.15, 0.2) is 72.9 Å². The Morgan fingerprint density at radius 1 is 0.543 bits per heavy atom. The molecule has 2 saturated heterocycles. The largest absolute Gasteiger partial charge is 0.454 e. The highest BCUT2D eigenvalue weighted by Gasteiger charge is 2.56. The molecule has 0 aromatic heterocycles. The van der Waals surface area contributed by atoms with Crippen molar-refractivity contribution in [2.45, 2.75) is 38.5 Å². The second-order valence-electron chi connectivity index (χ2n) is 12.7. The van der Waals surface area contributed by atoms with Crippen LogP contribution in [0.2, 0.25) is 0 Å². The Balaban J connectivity index is 1.14. The van der Waals surface area contributed by atoms with Gasteiger partial charge in [-0.05, 0) is 85.8 Å². The zero-order chi connectivity index (χ0) is 31.3. The van der Waals surface area contributed by atoms with Crippen LogP contribution in [0.5, 0.6) is 23.0 Å². The fraction of sp³-hybridized carbons (Fsp3) is 0.421. The van der Waals surface area contributed by atoms with E-state index >= 15 is 0 Å². The standard InChI is InChI=1S/C38H42N2O6/c41-37(39-19-7-1-8-20-39)35-29(13-5-3-11-27-15-17-31-33(23-27)45-25-43-31)30(36(35)38(42)40-21-9-2-10-22-40)14-6-4-12-28-16-18-32-34(24-28)46-26-44-32/h3-6,11-18,23-24,29-30,35-36H,1-2,7-10,19-22,25-26H2. The number of benzene rings is 2. The van der Waals surface area contributed by atoms with Crippen LogP contribution in [0, 0.1) is 23.7 Å². The number of carbonyl (C=O) groups is 2. The van der Waals surface area contributed by atoms with Gasteiger partial charge in [0.2, 0.25) is 25.4 Å². The van der Waals surface area contributed by atoms with Crippen molar-refractivity contribution in [2.24, 2.45) is 23.7 Å². The highest BCUT2D eigenvalue weighted by molar-refractivity contribution is 5.91. The van der Waals surface area contributed by atoms with Crippen LogP contribution >= 0.6 is 0 Å². The van der Waals surface area contributed by atoms with Crippen LogP contribution < -0.4 is 18.9 Å². The van der Waals surface area contributed by atoms with Crippen LogP contribution in [0.4, 0.5) is 0 Å². The van der Waals surface area contributed by atoms with E-state index in [0.29, 0.717) is 0 Å². The number of carbonyl (C=O) groups excluding carboxylic acids is 2. The number of rotatable bonds is 8. The number of fused-ring (bicyclic) bond motifs is 2. The van der Waals surface area contributed by atoms with Gasteiger partial charge in [0.15, 0.2) is 23.0 Å². The van der Waals surface area contributed by atoms with Gasteiger partial charge in [-0.25, -0.2) is 0 Å². The van der Waals surface area contributed by atoms with Gasteiger partial charge in [0.25, 0.3) is 0 Å². The van der Waals surface area contributed by atoms with Crippen molar-refractivity contribution in [3.8, 4) is 23.0 Å². The minimum atomic E-state index is -0.366. The zero-order valence-corrected chi connectivity index (χ0v) is 26.2. The second kappa shape index (κ2) is 13.9. The molecule has 4 unspecified atom stereocenters. The Labute approximate surface area is 270 Å². The molecule has 5 aliphatic rings. The summed E-state index contributed by atoms with van der Waals surface area (Å²) in [6.45, 7) is 3.60. The smallest absolute Gasteiger partial charge is 0.231 e. The van der Waals surface area contributed by atoms with Crippen molar-refractivity contribution in [1.82, 2.24) is 9.80 Å². The van der Waals surface area contributed by atoms with Gasteiger partial charge in [-0.2, -0.15) is 0 Å². The van der Waals surface area contributed by atoms with Gasteiger partial charge < -0.3 is 28.7 Å². The van der Waals surface area contributed by atoms with Crippen molar-refractivity contribution < 1.29 is 28.5 Å². The molecule has 240 valence electrons. The summed E-state index contributed by atoms with van der Waals surface area (Å²) in [5, 5.41) is 0. The average molecular weight is 623 g/mol. The highest BCUT2D eigenvalue weighted by Crippen LogP contribution is 2.50. The molecule has 2 amide bonds. The maximum absolute atomic E-state index is 14.1. The topological polar surface area (TPSA) is 77.5 Å². The molecule has 46 heavy (non-hydrogen) atoms. The van der Waals surface area contributed by atoms with E-state index in [1.807, 2.05) is 82.7 Å². The predicted molar refractivity (Wildman–Crippen MR) is 176 cm³/mol. The minimum absolute atomic E-state index is 0.0789. The number of amides is 2. The molecule has 4 atom stereocenters. The Morgan fingerprint density at radius 2 is 0.957 bits per heavy atom.